The number of rotatable bonds is 3. The zero-order valence-corrected chi connectivity index (χ0v) is 8.32. The minimum Gasteiger partial charge on any atom is -0.383 e. The van der Waals surface area contributed by atoms with Crippen LogP contribution in [0.2, 0.25) is 0 Å². The predicted octanol–water partition coefficient (Wildman–Crippen LogP) is 2.15. The molecule has 3 heteroatoms. The number of nitrogens with zero attached hydrogens (tertiary/aromatic N) is 1. The van der Waals surface area contributed by atoms with Crippen LogP contribution in [0.1, 0.15) is 32.4 Å². The maximum absolute atomic E-state index is 5.71. The van der Waals surface area contributed by atoms with Gasteiger partial charge in [0.15, 0.2) is 0 Å². The largest absolute Gasteiger partial charge is 0.383 e. The summed E-state index contributed by atoms with van der Waals surface area (Å²) in [7, 11) is 0. The second-order valence-corrected chi connectivity index (χ2v) is 3.30. The second kappa shape index (κ2) is 4.23. The molecule has 0 aliphatic rings. The second-order valence-electron chi connectivity index (χ2n) is 3.30. The third-order valence-electron chi connectivity index (χ3n) is 1.79. The lowest BCUT2D eigenvalue weighted by Gasteiger charge is -2.17. The zero-order chi connectivity index (χ0) is 9.84. The lowest BCUT2D eigenvalue weighted by molar-refractivity contribution is 0.0181. The van der Waals surface area contributed by atoms with Crippen molar-refractivity contribution in [3.05, 3.63) is 23.9 Å². The molecule has 72 valence electrons. The lowest BCUT2D eigenvalue weighted by Crippen LogP contribution is -2.09. The molecule has 0 aliphatic heterocycles. The number of pyridine rings is 1. The van der Waals surface area contributed by atoms with Gasteiger partial charge in [0.25, 0.3) is 0 Å². The standard InChI is InChI=1S/C10H16N2O/c1-7(2)13-8(3)9-5-4-6-12-10(9)11/h4-8H,1-3H3,(H2,11,12). The van der Waals surface area contributed by atoms with Gasteiger partial charge >= 0.3 is 0 Å². The first-order chi connectivity index (χ1) is 6.11. The molecular formula is C10H16N2O. The first-order valence-electron chi connectivity index (χ1n) is 4.47. The Hall–Kier alpha value is -1.09. The molecule has 1 atom stereocenters. The minimum absolute atomic E-state index is 0.00806. The zero-order valence-electron chi connectivity index (χ0n) is 8.32. The minimum atomic E-state index is 0.00806. The van der Waals surface area contributed by atoms with Gasteiger partial charge in [-0.3, -0.25) is 0 Å². The number of anilines is 1. The van der Waals surface area contributed by atoms with Gasteiger partial charge in [-0.25, -0.2) is 4.98 Å². The molecule has 1 unspecified atom stereocenters. The highest BCUT2D eigenvalue weighted by Crippen LogP contribution is 2.21. The fraction of sp³-hybridized carbons (Fsp3) is 0.500. The van der Waals surface area contributed by atoms with Crippen molar-refractivity contribution in [3.63, 3.8) is 0 Å². The van der Waals surface area contributed by atoms with Gasteiger partial charge in [-0.2, -0.15) is 0 Å². The SMILES string of the molecule is CC(C)OC(C)c1cccnc1N. The summed E-state index contributed by atoms with van der Waals surface area (Å²) in [4.78, 5) is 4.01. The number of nitrogens with two attached hydrogens (primary N) is 1. The van der Waals surface area contributed by atoms with Crippen molar-refractivity contribution < 1.29 is 4.74 Å². The van der Waals surface area contributed by atoms with Crippen LogP contribution in [-0.2, 0) is 4.74 Å². The van der Waals surface area contributed by atoms with Crippen molar-refractivity contribution in [2.24, 2.45) is 0 Å². The van der Waals surface area contributed by atoms with Crippen LogP contribution in [-0.4, -0.2) is 11.1 Å². The molecule has 2 N–H and O–H groups in total. The molecule has 0 saturated heterocycles. The van der Waals surface area contributed by atoms with E-state index in [0.29, 0.717) is 5.82 Å². The molecule has 0 spiro atoms. The van der Waals surface area contributed by atoms with Crippen LogP contribution in [0.25, 0.3) is 0 Å². The van der Waals surface area contributed by atoms with E-state index in [1.165, 1.54) is 0 Å². The average Bonchev–Trinajstić information content (AvgIpc) is 2.03. The van der Waals surface area contributed by atoms with Crippen molar-refractivity contribution >= 4 is 5.82 Å². The summed E-state index contributed by atoms with van der Waals surface area (Å²) in [6.45, 7) is 5.99. The Balaban J connectivity index is 2.76. The monoisotopic (exact) mass is 180 g/mol. The predicted molar refractivity (Wildman–Crippen MR) is 53.3 cm³/mol. The lowest BCUT2D eigenvalue weighted by atomic mass is 10.1. The van der Waals surface area contributed by atoms with Gasteiger partial charge in [0, 0.05) is 11.8 Å². The Kier molecular flexibility index (Phi) is 3.25. The first kappa shape index (κ1) is 9.99. The summed E-state index contributed by atoms with van der Waals surface area (Å²) < 4.78 is 5.60. The van der Waals surface area contributed by atoms with Crippen LogP contribution in [0.3, 0.4) is 0 Å². The van der Waals surface area contributed by atoms with E-state index >= 15 is 0 Å². The van der Waals surface area contributed by atoms with Crippen LogP contribution < -0.4 is 5.73 Å². The molecule has 3 nitrogen and oxygen atoms in total. The highest BCUT2D eigenvalue weighted by atomic mass is 16.5. The highest BCUT2D eigenvalue weighted by Gasteiger charge is 2.10. The van der Waals surface area contributed by atoms with Crippen LogP contribution in [0.15, 0.2) is 18.3 Å². The van der Waals surface area contributed by atoms with E-state index in [0.717, 1.165) is 5.56 Å². The molecule has 1 aromatic rings. The summed E-state index contributed by atoms with van der Waals surface area (Å²) in [5.41, 5.74) is 6.66. The Labute approximate surface area is 78.9 Å². The smallest absolute Gasteiger partial charge is 0.129 e. The molecule has 0 bridgehead atoms. The molecule has 1 rings (SSSR count). The van der Waals surface area contributed by atoms with Gasteiger partial charge in [-0.05, 0) is 26.8 Å². The van der Waals surface area contributed by atoms with Crippen molar-refractivity contribution in [1.82, 2.24) is 4.98 Å². The first-order valence-corrected chi connectivity index (χ1v) is 4.47. The average molecular weight is 180 g/mol. The molecule has 0 saturated carbocycles. The van der Waals surface area contributed by atoms with Gasteiger partial charge in [-0.15, -0.1) is 0 Å². The fourth-order valence-electron chi connectivity index (χ4n) is 1.26. The van der Waals surface area contributed by atoms with Crippen LogP contribution in [0.5, 0.6) is 0 Å². The third kappa shape index (κ3) is 2.70. The van der Waals surface area contributed by atoms with Gasteiger partial charge < -0.3 is 10.5 Å². The molecule has 0 radical (unpaired) electrons. The number of aromatic nitrogens is 1. The van der Waals surface area contributed by atoms with Crippen molar-refractivity contribution in [3.8, 4) is 0 Å². The summed E-state index contributed by atoms with van der Waals surface area (Å²) >= 11 is 0. The van der Waals surface area contributed by atoms with E-state index in [1.807, 2.05) is 32.9 Å². The van der Waals surface area contributed by atoms with Crippen molar-refractivity contribution in [1.29, 1.82) is 0 Å². The Morgan fingerprint density at radius 1 is 1.38 bits per heavy atom. The van der Waals surface area contributed by atoms with Gasteiger partial charge in [0.2, 0.25) is 0 Å². The summed E-state index contributed by atoms with van der Waals surface area (Å²) in [5.74, 6) is 0.552. The van der Waals surface area contributed by atoms with Gasteiger partial charge in [0.05, 0.1) is 12.2 Å². The molecule has 0 aliphatic carbocycles. The highest BCUT2D eigenvalue weighted by molar-refractivity contribution is 5.39. The third-order valence-corrected chi connectivity index (χ3v) is 1.79. The molecule has 0 amide bonds. The molecule has 0 fully saturated rings. The number of ether oxygens (including phenoxy) is 1. The molecule has 1 heterocycles. The maximum Gasteiger partial charge on any atom is 0.129 e. The Morgan fingerprint density at radius 2 is 2.08 bits per heavy atom. The maximum atomic E-state index is 5.71. The molecular weight excluding hydrogens is 164 g/mol. The Bertz CT molecular complexity index is 273. The van der Waals surface area contributed by atoms with Crippen LogP contribution in [0.4, 0.5) is 5.82 Å². The summed E-state index contributed by atoms with van der Waals surface area (Å²) in [6, 6.07) is 3.81. The number of hydrogen-bond donors (Lipinski definition) is 1. The summed E-state index contributed by atoms with van der Waals surface area (Å²) in [6.07, 6.45) is 1.89. The summed E-state index contributed by atoms with van der Waals surface area (Å²) in [5, 5.41) is 0. The van der Waals surface area contributed by atoms with Crippen LogP contribution >= 0.6 is 0 Å². The molecule has 1 aromatic heterocycles. The van der Waals surface area contributed by atoms with E-state index in [2.05, 4.69) is 4.98 Å². The van der Waals surface area contributed by atoms with E-state index in [4.69, 9.17) is 10.5 Å². The quantitative estimate of drug-likeness (QED) is 0.775. The number of hydrogen-bond acceptors (Lipinski definition) is 3. The molecule has 13 heavy (non-hydrogen) atoms. The van der Waals surface area contributed by atoms with Crippen LogP contribution in [0, 0.1) is 0 Å². The fourth-order valence-corrected chi connectivity index (χ4v) is 1.26. The van der Waals surface area contributed by atoms with Gasteiger partial charge in [-0.1, -0.05) is 6.07 Å². The van der Waals surface area contributed by atoms with E-state index in [-0.39, 0.29) is 12.2 Å². The van der Waals surface area contributed by atoms with E-state index in [9.17, 15) is 0 Å². The Morgan fingerprint density at radius 3 is 2.62 bits per heavy atom. The van der Waals surface area contributed by atoms with E-state index in [1.54, 1.807) is 6.20 Å². The van der Waals surface area contributed by atoms with E-state index < -0.39 is 0 Å². The number of nitrogen functional groups attached to an aromatic ring is 1. The molecule has 0 aromatic carbocycles. The topological polar surface area (TPSA) is 48.1 Å². The normalized spacial score (nSPS) is 13.2. The van der Waals surface area contributed by atoms with Crippen molar-refractivity contribution in [2.45, 2.75) is 33.0 Å². The van der Waals surface area contributed by atoms with Gasteiger partial charge in [0.1, 0.15) is 5.82 Å². The van der Waals surface area contributed by atoms with Crippen molar-refractivity contribution in [2.75, 3.05) is 5.73 Å².